The molecule has 2 rings (SSSR count). The van der Waals surface area contributed by atoms with Gasteiger partial charge in [-0.15, -0.1) is 0 Å². The maximum Gasteiger partial charge on any atom is 0.0210 e. The number of hydrogen-bond donors (Lipinski definition) is 1. The number of hydrogen-bond acceptors (Lipinski definition) is 1. The van der Waals surface area contributed by atoms with Crippen LogP contribution in [0.3, 0.4) is 0 Å². The van der Waals surface area contributed by atoms with E-state index >= 15 is 0 Å². The molecule has 0 amide bonds. The zero-order valence-electron chi connectivity index (χ0n) is 9.17. The highest BCUT2D eigenvalue weighted by atomic mass is 79.9. The SMILES string of the molecule is CC(CCC1(N)CC1)c1ccccc1Br. The largest absolute Gasteiger partial charge is 0.325 e. The first kappa shape index (κ1) is 11.2. The molecular weight excluding hydrogens is 250 g/mol. The van der Waals surface area contributed by atoms with Crippen LogP contribution in [0.15, 0.2) is 28.7 Å². The number of halogens is 1. The molecule has 0 aromatic heterocycles. The van der Waals surface area contributed by atoms with E-state index in [0.717, 1.165) is 6.42 Å². The van der Waals surface area contributed by atoms with Crippen LogP contribution in [0.4, 0.5) is 0 Å². The molecule has 1 atom stereocenters. The Kier molecular flexibility index (Phi) is 3.17. The summed E-state index contributed by atoms with van der Waals surface area (Å²) < 4.78 is 1.22. The Morgan fingerprint density at radius 3 is 2.67 bits per heavy atom. The molecule has 2 N–H and O–H groups in total. The third kappa shape index (κ3) is 2.82. The molecule has 82 valence electrons. The lowest BCUT2D eigenvalue weighted by Crippen LogP contribution is -2.21. The fourth-order valence-corrected chi connectivity index (χ4v) is 2.62. The maximum atomic E-state index is 6.10. The Balaban J connectivity index is 1.95. The van der Waals surface area contributed by atoms with Crippen molar-refractivity contribution >= 4 is 15.9 Å². The van der Waals surface area contributed by atoms with Gasteiger partial charge in [-0.2, -0.15) is 0 Å². The van der Waals surface area contributed by atoms with Crippen molar-refractivity contribution in [3.8, 4) is 0 Å². The molecule has 1 nitrogen and oxygen atoms in total. The summed E-state index contributed by atoms with van der Waals surface area (Å²) in [6.45, 7) is 2.28. The van der Waals surface area contributed by atoms with E-state index in [4.69, 9.17) is 5.73 Å². The Hall–Kier alpha value is -0.340. The van der Waals surface area contributed by atoms with Crippen molar-refractivity contribution in [2.24, 2.45) is 5.73 Å². The van der Waals surface area contributed by atoms with E-state index in [2.05, 4.69) is 47.1 Å². The molecule has 0 saturated heterocycles. The summed E-state index contributed by atoms with van der Waals surface area (Å²) in [6, 6.07) is 8.48. The molecule has 1 fully saturated rings. The minimum atomic E-state index is 0.190. The minimum absolute atomic E-state index is 0.190. The van der Waals surface area contributed by atoms with Crippen LogP contribution >= 0.6 is 15.9 Å². The lowest BCUT2D eigenvalue weighted by Gasteiger charge is -2.16. The van der Waals surface area contributed by atoms with Crippen molar-refractivity contribution in [1.82, 2.24) is 0 Å². The molecule has 1 aromatic carbocycles. The molecule has 1 aliphatic rings. The van der Waals surface area contributed by atoms with E-state index < -0.39 is 0 Å². The summed E-state index contributed by atoms with van der Waals surface area (Å²) in [5, 5.41) is 0. The molecule has 1 aliphatic carbocycles. The average molecular weight is 268 g/mol. The van der Waals surface area contributed by atoms with Crippen LogP contribution in [0.25, 0.3) is 0 Å². The van der Waals surface area contributed by atoms with Gasteiger partial charge in [-0.3, -0.25) is 0 Å². The monoisotopic (exact) mass is 267 g/mol. The predicted molar refractivity (Wildman–Crippen MR) is 67.9 cm³/mol. The Morgan fingerprint density at radius 1 is 1.40 bits per heavy atom. The molecule has 15 heavy (non-hydrogen) atoms. The van der Waals surface area contributed by atoms with Gasteiger partial charge in [0.15, 0.2) is 0 Å². The maximum absolute atomic E-state index is 6.10. The lowest BCUT2D eigenvalue weighted by molar-refractivity contribution is 0.532. The molecule has 1 unspecified atom stereocenters. The highest BCUT2D eigenvalue weighted by Crippen LogP contribution is 2.39. The average Bonchev–Trinajstić information content (AvgIpc) is 2.95. The highest BCUT2D eigenvalue weighted by molar-refractivity contribution is 9.10. The van der Waals surface area contributed by atoms with Crippen LogP contribution in [-0.4, -0.2) is 5.54 Å². The van der Waals surface area contributed by atoms with Crippen LogP contribution < -0.4 is 5.73 Å². The van der Waals surface area contributed by atoms with Crippen LogP contribution in [0.1, 0.15) is 44.1 Å². The second-order valence-electron chi connectivity index (χ2n) is 4.82. The molecule has 0 radical (unpaired) electrons. The quantitative estimate of drug-likeness (QED) is 0.882. The third-order valence-electron chi connectivity index (χ3n) is 3.40. The topological polar surface area (TPSA) is 26.0 Å². The van der Waals surface area contributed by atoms with Crippen molar-refractivity contribution in [1.29, 1.82) is 0 Å². The van der Waals surface area contributed by atoms with Gasteiger partial charge in [-0.25, -0.2) is 0 Å². The fourth-order valence-electron chi connectivity index (χ4n) is 1.94. The van der Waals surface area contributed by atoms with Crippen molar-refractivity contribution < 1.29 is 0 Å². The second kappa shape index (κ2) is 4.26. The number of rotatable bonds is 4. The molecular formula is C13H18BrN. The summed E-state index contributed by atoms with van der Waals surface area (Å²) in [6.07, 6.45) is 4.79. The number of nitrogens with two attached hydrogens (primary N) is 1. The van der Waals surface area contributed by atoms with Crippen molar-refractivity contribution in [2.75, 3.05) is 0 Å². The normalized spacial score (nSPS) is 19.9. The van der Waals surface area contributed by atoms with Gasteiger partial charge < -0.3 is 5.73 Å². The van der Waals surface area contributed by atoms with Crippen LogP contribution in [-0.2, 0) is 0 Å². The van der Waals surface area contributed by atoms with E-state index in [0.29, 0.717) is 5.92 Å². The van der Waals surface area contributed by atoms with Crippen LogP contribution in [0.2, 0.25) is 0 Å². The molecule has 0 heterocycles. The predicted octanol–water partition coefficient (Wildman–Crippen LogP) is 3.82. The van der Waals surface area contributed by atoms with Crippen LogP contribution in [0.5, 0.6) is 0 Å². The van der Waals surface area contributed by atoms with Crippen molar-refractivity contribution in [3.05, 3.63) is 34.3 Å². The summed E-state index contributed by atoms with van der Waals surface area (Å²) in [7, 11) is 0. The Labute approximate surface area is 100 Å². The van der Waals surface area contributed by atoms with E-state index in [1.807, 2.05) is 0 Å². The van der Waals surface area contributed by atoms with Crippen LogP contribution in [0, 0.1) is 0 Å². The van der Waals surface area contributed by atoms with Gasteiger partial charge in [0, 0.05) is 10.0 Å². The van der Waals surface area contributed by atoms with Crippen molar-refractivity contribution in [2.45, 2.75) is 44.1 Å². The van der Waals surface area contributed by atoms with Gasteiger partial charge in [0.1, 0.15) is 0 Å². The zero-order valence-corrected chi connectivity index (χ0v) is 10.8. The van der Waals surface area contributed by atoms with Gasteiger partial charge in [0.05, 0.1) is 0 Å². The second-order valence-corrected chi connectivity index (χ2v) is 5.68. The molecule has 2 heteroatoms. The van der Waals surface area contributed by atoms with Gasteiger partial charge >= 0.3 is 0 Å². The smallest absolute Gasteiger partial charge is 0.0210 e. The summed E-state index contributed by atoms with van der Waals surface area (Å²) >= 11 is 3.60. The first-order valence-electron chi connectivity index (χ1n) is 5.64. The molecule has 0 spiro atoms. The van der Waals surface area contributed by atoms with Gasteiger partial charge in [0.25, 0.3) is 0 Å². The zero-order chi connectivity index (χ0) is 10.9. The van der Waals surface area contributed by atoms with E-state index in [-0.39, 0.29) is 5.54 Å². The summed E-state index contributed by atoms with van der Waals surface area (Å²) in [4.78, 5) is 0. The Bertz CT molecular complexity index is 344. The first-order chi connectivity index (χ1) is 7.11. The van der Waals surface area contributed by atoms with Gasteiger partial charge in [-0.05, 0) is 43.2 Å². The van der Waals surface area contributed by atoms with E-state index in [1.54, 1.807) is 0 Å². The molecule has 1 aromatic rings. The molecule has 1 saturated carbocycles. The van der Waals surface area contributed by atoms with Gasteiger partial charge in [-0.1, -0.05) is 41.1 Å². The van der Waals surface area contributed by atoms with E-state index in [1.165, 1.54) is 29.3 Å². The third-order valence-corrected chi connectivity index (χ3v) is 4.13. The molecule has 0 bridgehead atoms. The Morgan fingerprint density at radius 2 is 2.07 bits per heavy atom. The number of benzene rings is 1. The minimum Gasteiger partial charge on any atom is -0.325 e. The highest BCUT2D eigenvalue weighted by Gasteiger charge is 2.37. The van der Waals surface area contributed by atoms with Crippen molar-refractivity contribution in [3.63, 3.8) is 0 Å². The van der Waals surface area contributed by atoms with E-state index in [9.17, 15) is 0 Å². The van der Waals surface area contributed by atoms with Gasteiger partial charge in [0.2, 0.25) is 0 Å². The lowest BCUT2D eigenvalue weighted by atomic mass is 9.94. The fraction of sp³-hybridized carbons (Fsp3) is 0.538. The first-order valence-corrected chi connectivity index (χ1v) is 6.43. The summed E-state index contributed by atoms with van der Waals surface area (Å²) in [5.41, 5.74) is 7.69. The molecule has 0 aliphatic heterocycles. The summed E-state index contributed by atoms with van der Waals surface area (Å²) in [5.74, 6) is 0.599. The standard InChI is InChI=1S/C13H18BrN/c1-10(6-7-13(15)8-9-13)11-4-2-3-5-12(11)14/h2-5,10H,6-9,15H2,1H3.